The fraction of sp³-hybridized carbons (Fsp3) is 0.316. The third-order valence-corrected chi connectivity index (χ3v) is 3.75. The van der Waals surface area contributed by atoms with Crippen molar-refractivity contribution in [2.75, 3.05) is 0 Å². The molecule has 0 amide bonds. The van der Waals surface area contributed by atoms with Gasteiger partial charge in [0.15, 0.2) is 0 Å². The number of aryl methyl sites for hydroxylation is 1. The average Bonchev–Trinajstić information content (AvgIpc) is 2.48. The van der Waals surface area contributed by atoms with Gasteiger partial charge in [-0.15, -0.1) is 11.6 Å². The van der Waals surface area contributed by atoms with E-state index in [9.17, 15) is 4.79 Å². The van der Waals surface area contributed by atoms with Crippen LogP contribution in [0.25, 0.3) is 11.1 Å². The SMILES string of the molecule is Cc1ccc(-c2ccc(OC(=O)C(Cl)CC(C)C)cc2)cc1. The van der Waals surface area contributed by atoms with Crippen LogP contribution in [0.2, 0.25) is 0 Å². The monoisotopic (exact) mass is 316 g/mol. The quantitative estimate of drug-likeness (QED) is 0.429. The average molecular weight is 317 g/mol. The van der Waals surface area contributed by atoms with Gasteiger partial charge in [-0.3, -0.25) is 4.79 Å². The predicted molar refractivity (Wildman–Crippen MR) is 91.3 cm³/mol. The Morgan fingerprint density at radius 3 is 2.00 bits per heavy atom. The number of halogens is 1. The summed E-state index contributed by atoms with van der Waals surface area (Å²) < 4.78 is 5.32. The molecular weight excluding hydrogens is 296 g/mol. The van der Waals surface area contributed by atoms with Crippen LogP contribution in [0.5, 0.6) is 5.75 Å². The minimum Gasteiger partial charge on any atom is -0.425 e. The van der Waals surface area contributed by atoms with E-state index < -0.39 is 11.3 Å². The molecule has 2 aromatic carbocycles. The standard InChI is InChI=1S/C19H21ClO2/c1-13(2)12-18(20)19(21)22-17-10-8-16(9-11-17)15-6-4-14(3)5-7-15/h4-11,13,18H,12H2,1-3H3. The van der Waals surface area contributed by atoms with Crippen molar-refractivity contribution in [3.8, 4) is 16.9 Å². The van der Waals surface area contributed by atoms with E-state index in [-0.39, 0.29) is 0 Å². The van der Waals surface area contributed by atoms with Gasteiger partial charge in [0.25, 0.3) is 0 Å². The predicted octanol–water partition coefficient (Wildman–Crippen LogP) is 5.22. The highest BCUT2D eigenvalue weighted by Gasteiger charge is 2.19. The lowest BCUT2D eigenvalue weighted by molar-refractivity contribution is -0.134. The zero-order chi connectivity index (χ0) is 16.1. The Bertz CT molecular complexity index is 615. The molecule has 2 nitrogen and oxygen atoms in total. The summed E-state index contributed by atoms with van der Waals surface area (Å²) in [7, 11) is 0. The molecule has 0 heterocycles. The third-order valence-electron chi connectivity index (χ3n) is 3.39. The molecule has 0 saturated carbocycles. The topological polar surface area (TPSA) is 26.3 Å². The minimum absolute atomic E-state index is 0.360. The highest BCUT2D eigenvalue weighted by atomic mass is 35.5. The van der Waals surface area contributed by atoms with Crippen molar-refractivity contribution < 1.29 is 9.53 Å². The van der Waals surface area contributed by atoms with Crippen LogP contribution in [-0.2, 0) is 4.79 Å². The van der Waals surface area contributed by atoms with E-state index in [2.05, 4.69) is 31.2 Å². The molecule has 0 spiro atoms. The maximum Gasteiger partial charge on any atom is 0.329 e. The first-order valence-electron chi connectivity index (χ1n) is 7.48. The largest absolute Gasteiger partial charge is 0.425 e. The smallest absolute Gasteiger partial charge is 0.329 e. The molecule has 0 bridgehead atoms. The van der Waals surface area contributed by atoms with Crippen LogP contribution in [0, 0.1) is 12.8 Å². The summed E-state index contributed by atoms with van der Waals surface area (Å²) >= 11 is 6.04. The van der Waals surface area contributed by atoms with Crippen LogP contribution < -0.4 is 4.74 Å². The molecule has 0 radical (unpaired) electrons. The lowest BCUT2D eigenvalue weighted by Crippen LogP contribution is -2.22. The zero-order valence-corrected chi connectivity index (χ0v) is 13.9. The highest BCUT2D eigenvalue weighted by molar-refractivity contribution is 6.30. The highest BCUT2D eigenvalue weighted by Crippen LogP contribution is 2.23. The molecule has 2 rings (SSSR count). The maximum absolute atomic E-state index is 11.9. The zero-order valence-electron chi connectivity index (χ0n) is 13.2. The summed E-state index contributed by atoms with van der Waals surface area (Å²) in [6.07, 6.45) is 0.613. The first kappa shape index (κ1) is 16.6. The molecule has 0 aliphatic carbocycles. The van der Waals surface area contributed by atoms with Crippen LogP contribution in [-0.4, -0.2) is 11.3 Å². The van der Waals surface area contributed by atoms with E-state index in [0.717, 1.165) is 11.1 Å². The van der Waals surface area contributed by atoms with Crippen LogP contribution >= 0.6 is 11.6 Å². The Kier molecular flexibility index (Phi) is 5.62. The molecule has 1 unspecified atom stereocenters. The van der Waals surface area contributed by atoms with Crippen molar-refractivity contribution >= 4 is 17.6 Å². The van der Waals surface area contributed by atoms with Gasteiger partial charge < -0.3 is 4.74 Å². The lowest BCUT2D eigenvalue weighted by Gasteiger charge is -2.11. The summed E-state index contributed by atoms with van der Waals surface area (Å²) in [6.45, 7) is 6.12. The van der Waals surface area contributed by atoms with Crippen molar-refractivity contribution in [2.45, 2.75) is 32.6 Å². The van der Waals surface area contributed by atoms with E-state index >= 15 is 0 Å². The van der Waals surface area contributed by atoms with Gasteiger partial charge in [0.05, 0.1) is 0 Å². The van der Waals surface area contributed by atoms with Crippen molar-refractivity contribution in [3.05, 3.63) is 54.1 Å². The van der Waals surface area contributed by atoms with Crippen LogP contribution in [0.1, 0.15) is 25.8 Å². The summed E-state index contributed by atoms with van der Waals surface area (Å²) in [6, 6.07) is 15.8. The summed E-state index contributed by atoms with van der Waals surface area (Å²) in [5, 5.41) is -0.600. The fourth-order valence-electron chi connectivity index (χ4n) is 2.15. The Labute approximate surface area is 137 Å². The van der Waals surface area contributed by atoms with E-state index in [1.54, 1.807) is 12.1 Å². The third kappa shape index (κ3) is 4.60. The molecule has 0 aliphatic heterocycles. The minimum atomic E-state index is -0.600. The summed E-state index contributed by atoms with van der Waals surface area (Å²) in [4.78, 5) is 11.9. The molecule has 3 heteroatoms. The van der Waals surface area contributed by atoms with Crippen molar-refractivity contribution in [3.63, 3.8) is 0 Å². The molecule has 22 heavy (non-hydrogen) atoms. The van der Waals surface area contributed by atoms with Gasteiger partial charge in [0.1, 0.15) is 11.1 Å². The Balaban J connectivity index is 2.03. The van der Waals surface area contributed by atoms with Crippen LogP contribution in [0.3, 0.4) is 0 Å². The molecule has 0 saturated heterocycles. The van der Waals surface area contributed by atoms with Gasteiger partial charge in [-0.2, -0.15) is 0 Å². The van der Waals surface area contributed by atoms with Gasteiger partial charge in [-0.25, -0.2) is 0 Å². The van der Waals surface area contributed by atoms with Crippen molar-refractivity contribution in [2.24, 2.45) is 5.92 Å². The first-order chi connectivity index (χ1) is 10.5. The Morgan fingerprint density at radius 2 is 1.50 bits per heavy atom. The second-order valence-corrected chi connectivity index (χ2v) is 6.44. The number of hydrogen-bond acceptors (Lipinski definition) is 2. The van der Waals surface area contributed by atoms with Crippen molar-refractivity contribution in [1.29, 1.82) is 0 Å². The van der Waals surface area contributed by atoms with E-state index in [0.29, 0.717) is 18.1 Å². The number of benzene rings is 2. The van der Waals surface area contributed by atoms with E-state index in [4.69, 9.17) is 16.3 Å². The molecule has 0 aliphatic rings. The number of ether oxygens (including phenoxy) is 1. The van der Waals surface area contributed by atoms with Gasteiger partial charge in [0.2, 0.25) is 0 Å². The van der Waals surface area contributed by atoms with Crippen LogP contribution in [0.4, 0.5) is 0 Å². The van der Waals surface area contributed by atoms with E-state index in [1.807, 2.05) is 26.0 Å². The van der Waals surface area contributed by atoms with Crippen molar-refractivity contribution in [1.82, 2.24) is 0 Å². The van der Waals surface area contributed by atoms with Crippen LogP contribution in [0.15, 0.2) is 48.5 Å². The molecule has 0 fully saturated rings. The molecule has 0 N–H and O–H groups in total. The number of rotatable bonds is 5. The molecule has 116 valence electrons. The number of carbonyl (C=O) groups is 1. The molecule has 2 aromatic rings. The maximum atomic E-state index is 11.9. The molecular formula is C19H21ClO2. The Hall–Kier alpha value is -1.80. The second-order valence-electron chi connectivity index (χ2n) is 5.91. The van der Waals surface area contributed by atoms with E-state index in [1.165, 1.54) is 5.56 Å². The lowest BCUT2D eigenvalue weighted by atomic mass is 10.0. The Morgan fingerprint density at radius 1 is 1.00 bits per heavy atom. The summed E-state index contributed by atoms with van der Waals surface area (Å²) in [5.41, 5.74) is 3.45. The van der Waals surface area contributed by atoms with Gasteiger partial charge >= 0.3 is 5.97 Å². The molecule has 1 atom stereocenters. The number of alkyl halides is 1. The second kappa shape index (κ2) is 7.46. The number of carbonyl (C=O) groups excluding carboxylic acids is 1. The van der Waals surface area contributed by atoms with Gasteiger partial charge in [-0.1, -0.05) is 55.8 Å². The fourth-order valence-corrected chi connectivity index (χ4v) is 2.55. The first-order valence-corrected chi connectivity index (χ1v) is 7.92. The number of esters is 1. The van der Waals surface area contributed by atoms with Gasteiger partial charge in [-0.05, 0) is 42.5 Å². The summed E-state index contributed by atoms with van der Waals surface area (Å²) in [5.74, 6) is 0.493. The normalized spacial score (nSPS) is 12.2. The van der Waals surface area contributed by atoms with Gasteiger partial charge in [0, 0.05) is 0 Å². The molecule has 0 aromatic heterocycles. The number of hydrogen-bond donors (Lipinski definition) is 0.